The van der Waals surface area contributed by atoms with Gasteiger partial charge in [-0.25, -0.2) is 0 Å². The molecular formula is C22H13ClS. The molecule has 0 spiro atoms. The van der Waals surface area contributed by atoms with Crippen molar-refractivity contribution in [3.8, 4) is 10.4 Å². The summed E-state index contributed by atoms with van der Waals surface area (Å²) < 4.78 is 0.827. The van der Waals surface area contributed by atoms with Gasteiger partial charge in [-0.05, 0) is 56.1 Å². The number of hydrogen-bond acceptors (Lipinski definition) is 1. The molecule has 5 rings (SSSR count). The molecular weight excluding hydrogens is 332 g/mol. The van der Waals surface area contributed by atoms with E-state index in [0.29, 0.717) is 0 Å². The van der Waals surface area contributed by atoms with Gasteiger partial charge in [0.05, 0.1) is 4.34 Å². The highest BCUT2D eigenvalue weighted by molar-refractivity contribution is 7.19. The van der Waals surface area contributed by atoms with Crippen LogP contribution in [0.25, 0.3) is 42.8 Å². The molecule has 0 saturated heterocycles. The second-order valence-electron chi connectivity index (χ2n) is 5.96. The monoisotopic (exact) mass is 344 g/mol. The number of fused-ring (bicyclic) bond motifs is 6. The minimum atomic E-state index is 0.827. The predicted octanol–water partition coefficient (Wildman–Crippen LogP) is 7.53. The van der Waals surface area contributed by atoms with Gasteiger partial charge in [0.25, 0.3) is 0 Å². The standard InChI is InChI=1S/C22H13ClS/c23-22-12-11-21(24-22)14-9-10-19-17-7-2-1-5-15(17)16-6-3-4-8-18(16)20(19)13-14/h1-13H. The molecule has 2 heteroatoms. The van der Waals surface area contributed by atoms with Gasteiger partial charge in [0.15, 0.2) is 0 Å². The quantitative estimate of drug-likeness (QED) is 0.276. The summed E-state index contributed by atoms with van der Waals surface area (Å²) in [7, 11) is 0. The summed E-state index contributed by atoms with van der Waals surface area (Å²) in [4.78, 5) is 1.21. The molecule has 0 radical (unpaired) electrons. The van der Waals surface area contributed by atoms with E-state index in [1.165, 1.54) is 42.8 Å². The van der Waals surface area contributed by atoms with Crippen LogP contribution in [0.3, 0.4) is 0 Å². The zero-order chi connectivity index (χ0) is 16.1. The highest BCUT2D eigenvalue weighted by atomic mass is 35.5. The Morgan fingerprint density at radius 1 is 0.542 bits per heavy atom. The number of halogens is 1. The average molecular weight is 345 g/mol. The van der Waals surface area contributed by atoms with Crippen LogP contribution in [0, 0.1) is 0 Å². The Kier molecular flexibility index (Phi) is 3.12. The molecule has 0 amide bonds. The van der Waals surface area contributed by atoms with Crippen LogP contribution in [0.5, 0.6) is 0 Å². The molecule has 114 valence electrons. The van der Waals surface area contributed by atoms with Crippen molar-refractivity contribution < 1.29 is 0 Å². The van der Waals surface area contributed by atoms with Gasteiger partial charge in [-0.3, -0.25) is 0 Å². The predicted molar refractivity (Wildman–Crippen MR) is 107 cm³/mol. The lowest BCUT2D eigenvalue weighted by molar-refractivity contribution is 1.76. The van der Waals surface area contributed by atoms with E-state index in [-0.39, 0.29) is 0 Å². The summed E-state index contributed by atoms with van der Waals surface area (Å²) in [5.41, 5.74) is 1.22. The Morgan fingerprint density at radius 3 is 1.62 bits per heavy atom. The van der Waals surface area contributed by atoms with E-state index in [4.69, 9.17) is 11.6 Å². The Balaban J connectivity index is 1.96. The first-order chi connectivity index (χ1) is 11.8. The molecule has 1 heterocycles. The SMILES string of the molecule is Clc1ccc(-c2ccc3c4ccccc4c4ccccc4c3c2)s1. The number of thiophene rings is 1. The first kappa shape index (κ1) is 14.0. The van der Waals surface area contributed by atoms with Crippen LogP contribution in [0.1, 0.15) is 0 Å². The summed E-state index contributed by atoms with van der Waals surface area (Å²) in [6.45, 7) is 0. The topological polar surface area (TPSA) is 0 Å². The molecule has 24 heavy (non-hydrogen) atoms. The normalized spacial score (nSPS) is 11.5. The lowest BCUT2D eigenvalue weighted by atomic mass is 9.93. The van der Waals surface area contributed by atoms with Gasteiger partial charge in [-0.1, -0.05) is 72.3 Å². The minimum Gasteiger partial charge on any atom is -0.123 e. The van der Waals surface area contributed by atoms with Crippen molar-refractivity contribution in [1.82, 2.24) is 0 Å². The molecule has 0 bridgehead atoms. The molecule has 5 aromatic rings. The van der Waals surface area contributed by atoms with Crippen LogP contribution in [-0.4, -0.2) is 0 Å². The highest BCUT2D eigenvalue weighted by Crippen LogP contribution is 2.38. The Labute approximate surface area is 148 Å². The van der Waals surface area contributed by atoms with E-state index < -0.39 is 0 Å². The first-order valence-electron chi connectivity index (χ1n) is 7.90. The van der Waals surface area contributed by atoms with Crippen LogP contribution in [0.2, 0.25) is 4.34 Å². The van der Waals surface area contributed by atoms with Gasteiger partial charge in [-0.2, -0.15) is 0 Å². The molecule has 0 aliphatic carbocycles. The summed E-state index contributed by atoms with van der Waals surface area (Å²) >= 11 is 7.74. The van der Waals surface area contributed by atoms with Gasteiger partial charge in [0, 0.05) is 4.88 Å². The third-order valence-corrected chi connectivity index (χ3v) is 5.88. The molecule has 0 unspecified atom stereocenters. The number of hydrogen-bond donors (Lipinski definition) is 0. The summed E-state index contributed by atoms with van der Waals surface area (Å²) in [5.74, 6) is 0. The molecule has 1 aromatic heterocycles. The van der Waals surface area contributed by atoms with Crippen molar-refractivity contribution in [2.45, 2.75) is 0 Å². The fourth-order valence-corrected chi connectivity index (χ4v) is 4.57. The molecule has 0 saturated carbocycles. The molecule has 0 atom stereocenters. The van der Waals surface area contributed by atoms with E-state index in [2.05, 4.69) is 72.8 Å². The second kappa shape index (κ2) is 5.34. The van der Waals surface area contributed by atoms with Crippen LogP contribution in [-0.2, 0) is 0 Å². The summed E-state index contributed by atoms with van der Waals surface area (Å²) in [6, 6.07) is 28.1. The van der Waals surface area contributed by atoms with Crippen molar-refractivity contribution in [3.63, 3.8) is 0 Å². The lowest BCUT2D eigenvalue weighted by Gasteiger charge is -2.11. The van der Waals surface area contributed by atoms with Crippen molar-refractivity contribution in [1.29, 1.82) is 0 Å². The van der Waals surface area contributed by atoms with Crippen molar-refractivity contribution >= 4 is 55.3 Å². The fraction of sp³-hybridized carbons (Fsp3) is 0. The highest BCUT2D eigenvalue weighted by Gasteiger charge is 2.10. The summed E-state index contributed by atoms with van der Waals surface area (Å²) in [5, 5.41) is 7.83. The zero-order valence-corrected chi connectivity index (χ0v) is 14.4. The Bertz CT molecular complexity index is 1180. The maximum absolute atomic E-state index is 6.12. The molecule has 0 fully saturated rings. The lowest BCUT2D eigenvalue weighted by Crippen LogP contribution is -1.83. The van der Waals surface area contributed by atoms with Gasteiger partial charge >= 0.3 is 0 Å². The molecule has 0 N–H and O–H groups in total. The van der Waals surface area contributed by atoms with E-state index >= 15 is 0 Å². The minimum absolute atomic E-state index is 0.827. The smallest absolute Gasteiger partial charge is 0.0934 e. The number of rotatable bonds is 1. The van der Waals surface area contributed by atoms with Gasteiger partial charge in [-0.15, -0.1) is 11.3 Å². The zero-order valence-electron chi connectivity index (χ0n) is 12.8. The van der Waals surface area contributed by atoms with Gasteiger partial charge in [0.1, 0.15) is 0 Å². The Hall–Kier alpha value is -2.35. The van der Waals surface area contributed by atoms with Crippen molar-refractivity contribution in [2.75, 3.05) is 0 Å². The van der Waals surface area contributed by atoms with Crippen molar-refractivity contribution in [2.24, 2.45) is 0 Å². The van der Waals surface area contributed by atoms with Crippen molar-refractivity contribution in [3.05, 3.63) is 83.2 Å². The fourth-order valence-electron chi connectivity index (χ4n) is 3.53. The third-order valence-electron chi connectivity index (χ3n) is 4.60. The van der Waals surface area contributed by atoms with E-state index in [9.17, 15) is 0 Å². The largest absolute Gasteiger partial charge is 0.123 e. The van der Waals surface area contributed by atoms with Crippen LogP contribution in [0.15, 0.2) is 78.9 Å². The number of benzene rings is 4. The van der Waals surface area contributed by atoms with Gasteiger partial charge < -0.3 is 0 Å². The average Bonchev–Trinajstić information content (AvgIpc) is 3.08. The molecule has 0 aliphatic rings. The van der Waals surface area contributed by atoms with E-state index in [0.717, 1.165) is 4.34 Å². The summed E-state index contributed by atoms with van der Waals surface area (Å²) in [6.07, 6.45) is 0. The molecule has 4 aromatic carbocycles. The van der Waals surface area contributed by atoms with Crippen LogP contribution in [0.4, 0.5) is 0 Å². The van der Waals surface area contributed by atoms with E-state index in [1.807, 2.05) is 6.07 Å². The Morgan fingerprint density at radius 2 is 1.08 bits per heavy atom. The second-order valence-corrected chi connectivity index (χ2v) is 7.67. The van der Waals surface area contributed by atoms with Crippen LogP contribution >= 0.6 is 22.9 Å². The molecule has 0 nitrogen and oxygen atoms in total. The maximum atomic E-state index is 6.12. The first-order valence-corrected chi connectivity index (χ1v) is 9.10. The van der Waals surface area contributed by atoms with Crippen LogP contribution < -0.4 is 0 Å². The molecule has 0 aliphatic heterocycles. The third kappa shape index (κ3) is 2.06. The van der Waals surface area contributed by atoms with E-state index in [1.54, 1.807) is 11.3 Å². The van der Waals surface area contributed by atoms with Gasteiger partial charge in [0.2, 0.25) is 0 Å². The maximum Gasteiger partial charge on any atom is 0.0934 e.